The minimum atomic E-state index is -0.383. The number of aliphatic hydroxyl groups is 1. The average molecular weight is 375 g/mol. The second kappa shape index (κ2) is 8.69. The number of anilines is 1. The summed E-state index contributed by atoms with van der Waals surface area (Å²) in [6.45, 7) is 12.0. The number of nitrogens with zero attached hydrogens (tertiary/aromatic N) is 3. The molecule has 0 aromatic heterocycles. The Bertz CT molecular complexity index is 656. The van der Waals surface area contributed by atoms with E-state index in [0.29, 0.717) is 19.0 Å². The maximum Gasteiger partial charge on any atom is 0.238 e. The first-order valence-corrected chi connectivity index (χ1v) is 10.1. The number of nitrogens with one attached hydrogen (secondary N) is 1. The fourth-order valence-electron chi connectivity index (χ4n) is 4.21. The van der Waals surface area contributed by atoms with Gasteiger partial charge in [-0.25, -0.2) is 0 Å². The van der Waals surface area contributed by atoms with Crippen LogP contribution in [0.5, 0.6) is 0 Å². The maximum atomic E-state index is 12.7. The predicted octanol–water partition coefficient (Wildman–Crippen LogP) is 1.35. The van der Waals surface area contributed by atoms with Crippen molar-refractivity contribution < 1.29 is 9.90 Å². The van der Waals surface area contributed by atoms with E-state index in [0.717, 1.165) is 44.0 Å². The molecule has 0 radical (unpaired) electrons. The number of rotatable bonds is 5. The van der Waals surface area contributed by atoms with Gasteiger partial charge < -0.3 is 15.3 Å². The quantitative estimate of drug-likeness (QED) is 0.815. The Balaban J connectivity index is 1.58. The van der Waals surface area contributed by atoms with Crippen molar-refractivity contribution in [2.75, 3.05) is 58.2 Å². The van der Waals surface area contributed by atoms with Crippen LogP contribution in [0, 0.1) is 6.92 Å². The van der Waals surface area contributed by atoms with Crippen LogP contribution in [0.3, 0.4) is 0 Å². The van der Waals surface area contributed by atoms with E-state index in [9.17, 15) is 9.90 Å². The first-order chi connectivity index (χ1) is 12.8. The summed E-state index contributed by atoms with van der Waals surface area (Å²) in [5.74, 6) is 0.354. The van der Waals surface area contributed by atoms with Gasteiger partial charge in [0.05, 0.1) is 12.6 Å². The van der Waals surface area contributed by atoms with E-state index < -0.39 is 0 Å². The van der Waals surface area contributed by atoms with E-state index >= 15 is 0 Å². The molecule has 6 nitrogen and oxygen atoms in total. The van der Waals surface area contributed by atoms with E-state index in [-0.39, 0.29) is 18.1 Å². The molecular formula is C21H34N4O2. The molecule has 1 aromatic rings. The molecule has 2 atom stereocenters. The molecule has 2 fully saturated rings. The summed E-state index contributed by atoms with van der Waals surface area (Å²) in [6.07, 6.45) is -0.383. The number of amides is 1. The predicted molar refractivity (Wildman–Crippen MR) is 109 cm³/mol. The number of carbonyl (C=O) groups excluding carboxylic acids is 1. The van der Waals surface area contributed by atoms with Crippen molar-refractivity contribution in [1.29, 1.82) is 0 Å². The van der Waals surface area contributed by atoms with Gasteiger partial charge in [-0.15, -0.1) is 0 Å². The van der Waals surface area contributed by atoms with E-state index in [4.69, 9.17) is 0 Å². The van der Waals surface area contributed by atoms with Crippen molar-refractivity contribution in [3.63, 3.8) is 0 Å². The number of benzene rings is 1. The number of likely N-dealkylation sites (tertiary alicyclic amines) is 1. The molecule has 6 heteroatoms. The summed E-state index contributed by atoms with van der Waals surface area (Å²) in [4.78, 5) is 19.4. The second-order valence-electron chi connectivity index (χ2n) is 8.41. The number of β-amino-alcohol motifs (C(OH)–C–C–N with tert-alkyl or cyclic N) is 1. The summed E-state index contributed by atoms with van der Waals surface area (Å²) < 4.78 is 0. The smallest absolute Gasteiger partial charge is 0.238 e. The molecular weight excluding hydrogens is 340 g/mol. The number of piperazine rings is 1. The summed E-state index contributed by atoms with van der Waals surface area (Å²) in [5.41, 5.74) is 3.19. The summed E-state index contributed by atoms with van der Waals surface area (Å²) in [6, 6.07) is 6.29. The minimum absolute atomic E-state index is 0.00238. The molecule has 2 aliphatic heterocycles. The number of hydrogen-bond acceptors (Lipinski definition) is 5. The van der Waals surface area contributed by atoms with Gasteiger partial charge in [0.1, 0.15) is 0 Å². The number of para-hydroxylation sites is 1. The Morgan fingerprint density at radius 3 is 2.59 bits per heavy atom. The van der Waals surface area contributed by atoms with Gasteiger partial charge in [-0.3, -0.25) is 14.6 Å². The lowest BCUT2D eigenvalue weighted by Crippen LogP contribution is -2.52. The fraction of sp³-hybridized carbons (Fsp3) is 0.667. The highest BCUT2D eigenvalue weighted by atomic mass is 16.3. The number of aryl methyl sites for hydroxylation is 1. The van der Waals surface area contributed by atoms with E-state index in [2.05, 4.69) is 47.0 Å². The van der Waals surface area contributed by atoms with Crippen LogP contribution in [-0.2, 0) is 4.79 Å². The zero-order chi connectivity index (χ0) is 19.6. The minimum Gasteiger partial charge on any atom is -0.390 e. The molecule has 27 heavy (non-hydrogen) atoms. The van der Waals surface area contributed by atoms with Crippen molar-refractivity contribution >= 4 is 11.6 Å². The first-order valence-electron chi connectivity index (χ1n) is 10.1. The largest absolute Gasteiger partial charge is 0.390 e. The Labute approximate surface area is 163 Å². The van der Waals surface area contributed by atoms with Crippen molar-refractivity contribution in [3.05, 3.63) is 29.3 Å². The van der Waals surface area contributed by atoms with Gasteiger partial charge in [-0.05, 0) is 31.0 Å². The lowest BCUT2D eigenvalue weighted by atomic mass is 9.98. The molecule has 2 aliphatic rings. The van der Waals surface area contributed by atoms with Crippen molar-refractivity contribution in [1.82, 2.24) is 14.7 Å². The SMILES string of the molecule is Cc1cccc(C(C)C)c1NC(=O)CN1C[C@@H](O)[C@H](N2CCN(C)CC2)C1. The van der Waals surface area contributed by atoms with Crippen LogP contribution in [0.15, 0.2) is 18.2 Å². The highest BCUT2D eigenvalue weighted by Gasteiger charge is 2.37. The van der Waals surface area contributed by atoms with Crippen LogP contribution >= 0.6 is 0 Å². The highest BCUT2D eigenvalue weighted by molar-refractivity contribution is 5.94. The Kier molecular flexibility index (Phi) is 6.52. The van der Waals surface area contributed by atoms with Gasteiger partial charge in [0, 0.05) is 51.0 Å². The highest BCUT2D eigenvalue weighted by Crippen LogP contribution is 2.27. The zero-order valence-corrected chi connectivity index (χ0v) is 17.1. The fourth-order valence-corrected chi connectivity index (χ4v) is 4.21. The van der Waals surface area contributed by atoms with Crippen molar-refractivity contribution in [2.24, 2.45) is 0 Å². The molecule has 0 unspecified atom stereocenters. The van der Waals surface area contributed by atoms with E-state index in [1.54, 1.807) is 0 Å². The Morgan fingerprint density at radius 1 is 1.22 bits per heavy atom. The van der Waals surface area contributed by atoms with Crippen LogP contribution in [-0.4, -0.2) is 90.7 Å². The molecule has 1 amide bonds. The molecule has 0 bridgehead atoms. The first kappa shape index (κ1) is 20.3. The molecule has 3 rings (SSSR count). The Morgan fingerprint density at radius 2 is 1.93 bits per heavy atom. The number of aliphatic hydroxyl groups excluding tert-OH is 1. The summed E-state index contributed by atoms with van der Waals surface area (Å²) >= 11 is 0. The molecule has 1 aromatic carbocycles. The molecule has 2 heterocycles. The second-order valence-corrected chi connectivity index (χ2v) is 8.41. The molecule has 0 aliphatic carbocycles. The van der Waals surface area contributed by atoms with Gasteiger partial charge in [-0.2, -0.15) is 0 Å². The molecule has 150 valence electrons. The van der Waals surface area contributed by atoms with E-state index in [1.165, 1.54) is 5.56 Å². The third-order valence-electron chi connectivity index (χ3n) is 5.90. The topological polar surface area (TPSA) is 59.1 Å². The van der Waals surface area contributed by atoms with Gasteiger partial charge in [-0.1, -0.05) is 32.0 Å². The molecule has 2 saturated heterocycles. The monoisotopic (exact) mass is 374 g/mol. The number of carbonyl (C=O) groups is 1. The lowest BCUT2D eigenvalue weighted by molar-refractivity contribution is -0.117. The Hall–Kier alpha value is -1.47. The van der Waals surface area contributed by atoms with Gasteiger partial charge in [0.2, 0.25) is 5.91 Å². The number of hydrogen-bond donors (Lipinski definition) is 2. The van der Waals surface area contributed by atoms with E-state index in [1.807, 2.05) is 19.1 Å². The van der Waals surface area contributed by atoms with Gasteiger partial charge >= 0.3 is 0 Å². The third kappa shape index (κ3) is 4.88. The maximum absolute atomic E-state index is 12.7. The zero-order valence-electron chi connectivity index (χ0n) is 17.1. The molecule has 0 spiro atoms. The van der Waals surface area contributed by atoms with Gasteiger partial charge in [0.25, 0.3) is 0 Å². The van der Waals surface area contributed by atoms with Crippen LogP contribution in [0.25, 0.3) is 0 Å². The van der Waals surface area contributed by atoms with Crippen LogP contribution < -0.4 is 5.32 Å². The van der Waals surface area contributed by atoms with Crippen LogP contribution in [0.1, 0.15) is 30.9 Å². The lowest BCUT2D eigenvalue weighted by Gasteiger charge is -2.37. The third-order valence-corrected chi connectivity index (χ3v) is 5.90. The molecule has 2 N–H and O–H groups in total. The van der Waals surface area contributed by atoms with Crippen molar-refractivity contribution in [3.8, 4) is 0 Å². The van der Waals surface area contributed by atoms with Crippen LogP contribution in [0.2, 0.25) is 0 Å². The summed E-state index contributed by atoms with van der Waals surface area (Å²) in [7, 11) is 2.13. The van der Waals surface area contributed by atoms with Gasteiger partial charge in [0.15, 0.2) is 0 Å². The average Bonchev–Trinajstić information content (AvgIpc) is 2.97. The summed E-state index contributed by atoms with van der Waals surface area (Å²) in [5, 5.41) is 13.6. The normalized spacial score (nSPS) is 25.3. The number of likely N-dealkylation sites (N-methyl/N-ethyl adjacent to an activating group) is 1. The standard InChI is InChI=1S/C21H34N4O2/c1-15(2)17-7-5-6-16(3)21(17)22-20(27)14-24-12-18(19(26)13-24)25-10-8-23(4)9-11-25/h5-7,15,18-19,26H,8-14H2,1-4H3,(H,22,27)/t18-,19-/m1/s1. The van der Waals surface area contributed by atoms with Crippen LogP contribution in [0.4, 0.5) is 5.69 Å². The molecule has 0 saturated carbocycles. The van der Waals surface area contributed by atoms with Crippen molar-refractivity contribution in [2.45, 2.75) is 38.8 Å².